The number of ether oxygens (including phenoxy) is 3. The van der Waals surface area contributed by atoms with Crippen LogP contribution in [-0.4, -0.2) is 19.2 Å². The summed E-state index contributed by atoms with van der Waals surface area (Å²) < 4.78 is 16.0. The first-order valence-electron chi connectivity index (χ1n) is 6.45. The van der Waals surface area contributed by atoms with Gasteiger partial charge in [0, 0.05) is 10.6 Å². The summed E-state index contributed by atoms with van der Waals surface area (Å²) in [5, 5.41) is 0.671. The zero-order valence-corrected chi connectivity index (χ0v) is 12.1. The summed E-state index contributed by atoms with van der Waals surface area (Å²) in [6, 6.07) is 10.4. The Balaban J connectivity index is 1.67. The Labute approximate surface area is 127 Å². The molecule has 5 heteroatoms. The van der Waals surface area contributed by atoms with E-state index in [0.29, 0.717) is 27.8 Å². The van der Waals surface area contributed by atoms with Gasteiger partial charge in [0.05, 0.1) is 0 Å². The van der Waals surface area contributed by atoms with Crippen LogP contribution in [0, 0.1) is 6.92 Å². The molecule has 0 fully saturated rings. The van der Waals surface area contributed by atoms with Gasteiger partial charge in [-0.15, -0.1) is 0 Å². The largest absolute Gasteiger partial charge is 0.485 e. The normalized spacial score (nSPS) is 12.3. The quantitative estimate of drug-likeness (QED) is 0.809. The van der Waals surface area contributed by atoms with Crippen LogP contribution in [0.3, 0.4) is 0 Å². The van der Waals surface area contributed by atoms with Crippen LogP contribution >= 0.6 is 11.6 Å². The van der Waals surface area contributed by atoms with Crippen LogP contribution in [0.4, 0.5) is 0 Å². The molecule has 2 aromatic rings. The van der Waals surface area contributed by atoms with Gasteiger partial charge in [-0.2, -0.15) is 0 Å². The molecular formula is C16H13ClO4. The Bertz CT molecular complexity index is 697. The fraction of sp³-hybridized carbons (Fsp3) is 0.188. The van der Waals surface area contributed by atoms with Gasteiger partial charge in [0.15, 0.2) is 23.9 Å². The van der Waals surface area contributed by atoms with Gasteiger partial charge in [0.1, 0.15) is 5.75 Å². The number of Topliss-reactive ketones (excluding diaryl/α,β-unsaturated/α-hetero) is 1. The molecule has 1 aliphatic heterocycles. The molecule has 0 radical (unpaired) electrons. The Morgan fingerprint density at radius 1 is 1.19 bits per heavy atom. The third kappa shape index (κ3) is 2.95. The van der Waals surface area contributed by atoms with Gasteiger partial charge < -0.3 is 14.2 Å². The molecule has 0 aromatic heterocycles. The van der Waals surface area contributed by atoms with Crippen LogP contribution in [0.2, 0.25) is 5.02 Å². The Morgan fingerprint density at radius 3 is 2.81 bits per heavy atom. The fourth-order valence-electron chi connectivity index (χ4n) is 2.01. The average Bonchev–Trinajstić information content (AvgIpc) is 2.95. The maximum atomic E-state index is 12.1. The van der Waals surface area contributed by atoms with Gasteiger partial charge in [0.2, 0.25) is 6.79 Å². The van der Waals surface area contributed by atoms with E-state index in [0.717, 1.165) is 5.56 Å². The highest BCUT2D eigenvalue weighted by atomic mass is 35.5. The van der Waals surface area contributed by atoms with Crippen LogP contribution in [0.15, 0.2) is 36.4 Å². The standard InChI is InChI=1S/C16H13ClO4/c1-10-6-12(3-4-13(10)17)19-8-14(18)11-2-5-15-16(7-11)21-9-20-15/h2-7H,8-9H2,1H3. The number of fused-ring (bicyclic) bond motifs is 1. The third-order valence-corrected chi connectivity index (χ3v) is 3.62. The number of ketones is 1. The minimum absolute atomic E-state index is 0.0410. The number of rotatable bonds is 4. The lowest BCUT2D eigenvalue weighted by atomic mass is 10.1. The molecule has 0 spiro atoms. The van der Waals surface area contributed by atoms with E-state index in [2.05, 4.69) is 0 Å². The maximum Gasteiger partial charge on any atom is 0.231 e. The second-order valence-corrected chi connectivity index (χ2v) is 5.10. The van der Waals surface area contributed by atoms with Crippen molar-refractivity contribution < 1.29 is 19.0 Å². The molecule has 0 N–H and O–H groups in total. The van der Waals surface area contributed by atoms with Gasteiger partial charge in [-0.05, 0) is 48.9 Å². The first kappa shape index (κ1) is 13.8. The van der Waals surface area contributed by atoms with Gasteiger partial charge in [-0.25, -0.2) is 0 Å². The second kappa shape index (κ2) is 5.66. The highest BCUT2D eigenvalue weighted by Gasteiger charge is 2.16. The van der Waals surface area contributed by atoms with Crippen molar-refractivity contribution in [3.8, 4) is 17.2 Å². The van der Waals surface area contributed by atoms with Gasteiger partial charge in [0.25, 0.3) is 0 Å². The monoisotopic (exact) mass is 304 g/mol. The van der Waals surface area contributed by atoms with Crippen LogP contribution in [-0.2, 0) is 0 Å². The minimum atomic E-state index is -0.124. The molecule has 0 atom stereocenters. The number of aryl methyl sites for hydroxylation is 1. The molecule has 0 aliphatic carbocycles. The molecule has 3 rings (SSSR count). The van der Waals surface area contributed by atoms with Gasteiger partial charge >= 0.3 is 0 Å². The van der Waals surface area contributed by atoms with Crippen molar-refractivity contribution >= 4 is 17.4 Å². The predicted octanol–water partition coefficient (Wildman–Crippen LogP) is 3.64. The van der Waals surface area contributed by atoms with Crippen molar-refractivity contribution in [2.24, 2.45) is 0 Å². The first-order valence-corrected chi connectivity index (χ1v) is 6.83. The molecule has 0 saturated carbocycles. The molecule has 0 unspecified atom stereocenters. The molecule has 2 aromatic carbocycles. The number of halogens is 1. The second-order valence-electron chi connectivity index (χ2n) is 4.69. The van der Waals surface area contributed by atoms with Crippen LogP contribution in [0.5, 0.6) is 17.2 Å². The third-order valence-electron chi connectivity index (χ3n) is 3.19. The first-order chi connectivity index (χ1) is 10.1. The molecule has 0 saturated heterocycles. The fourth-order valence-corrected chi connectivity index (χ4v) is 2.13. The molecule has 108 valence electrons. The van der Waals surface area contributed by atoms with Crippen molar-refractivity contribution in [2.75, 3.05) is 13.4 Å². The van der Waals surface area contributed by atoms with E-state index < -0.39 is 0 Å². The number of carbonyl (C=O) groups is 1. The molecule has 1 heterocycles. The summed E-state index contributed by atoms with van der Waals surface area (Å²) in [5.74, 6) is 1.73. The summed E-state index contributed by atoms with van der Waals surface area (Å²) >= 11 is 5.95. The molecule has 21 heavy (non-hydrogen) atoms. The Kier molecular flexibility index (Phi) is 3.71. The number of hydrogen-bond donors (Lipinski definition) is 0. The summed E-state index contributed by atoms with van der Waals surface area (Å²) in [6.45, 7) is 2.03. The summed E-state index contributed by atoms with van der Waals surface area (Å²) in [7, 11) is 0. The Morgan fingerprint density at radius 2 is 2.00 bits per heavy atom. The van der Waals surface area contributed by atoms with E-state index in [1.807, 2.05) is 6.92 Å². The Hall–Kier alpha value is -2.20. The van der Waals surface area contributed by atoms with E-state index in [1.165, 1.54) is 0 Å². The van der Waals surface area contributed by atoms with E-state index in [1.54, 1.807) is 36.4 Å². The lowest BCUT2D eigenvalue weighted by Crippen LogP contribution is -2.11. The highest BCUT2D eigenvalue weighted by Crippen LogP contribution is 2.32. The lowest BCUT2D eigenvalue weighted by Gasteiger charge is -2.07. The zero-order valence-electron chi connectivity index (χ0n) is 11.4. The van der Waals surface area contributed by atoms with Crippen molar-refractivity contribution in [3.05, 3.63) is 52.5 Å². The maximum absolute atomic E-state index is 12.1. The molecule has 1 aliphatic rings. The van der Waals surface area contributed by atoms with E-state index in [9.17, 15) is 4.79 Å². The van der Waals surface area contributed by atoms with Gasteiger partial charge in [-0.3, -0.25) is 4.79 Å². The predicted molar refractivity (Wildman–Crippen MR) is 78.6 cm³/mol. The van der Waals surface area contributed by atoms with E-state index in [-0.39, 0.29) is 19.2 Å². The van der Waals surface area contributed by atoms with Crippen molar-refractivity contribution in [3.63, 3.8) is 0 Å². The van der Waals surface area contributed by atoms with E-state index in [4.69, 9.17) is 25.8 Å². The van der Waals surface area contributed by atoms with Crippen molar-refractivity contribution in [1.82, 2.24) is 0 Å². The van der Waals surface area contributed by atoms with Crippen LogP contribution < -0.4 is 14.2 Å². The molecule has 0 bridgehead atoms. The molecule has 0 amide bonds. The summed E-state index contributed by atoms with van der Waals surface area (Å²) in [5.41, 5.74) is 1.44. The zero-order chi connectivity index (χ0) is 14.8. The van der Waals surface area contributed by atoms with Crippen molar-refractivity contribution in [2.45, 2.75) is 6.92 Å². The van der Waals surface area contributed by atoms with Crippen LogP contribution in [0.25, 0.3) is 0 Å². The number of carbonyl (C=O) groups excluding carboxylic acids is 1. The smallest absolute Gasteiger partial charge is 0.231 e. The van der Waals surface area contributed by atoms with Crippen molar-refractivity contribution in [1.29, 1.82) is 0 Å². The summed E-state index contributed by atoms with van der Waals surface area (Å²) in [6.07, 6.45) is 0. The SMILES string of the molecule is Cc1cc(OCC(=O)c2ccc3c(c2)OCO3)ccc1Cl. The summed E-state index contributed by atoms with van der Waals surface area (Å²) in [4.78, 5) is 12.1. The van der Waals surface area contributed by atoms with Gasteiger partial charge in [-0.1, -0.05) is 11.6 Å². The number of benzene rings is 2. The van der Waals surface area contributed by atoms with E-state index >= 15 is 0 Å². The molecular weight excluding hydrogens is 292 g/mol. The topological polar surface area (TPSA) is 44.8 Å². The van der Waals surface area contributed by atoms with Crippen LogP contribution in [0.1, 0.15) is 15.9 Å². The lowest BCUT2D eigenvalue weighted by molar-refractivity contribution is 0.0921. The average molecular weight is 305 g/mol. The number of hydrogen-bond acceptors (Lipinski definition) is 4. The highest BCUT2D eigenvalue weighted by molar-refractivity contribution is 6.31. The minimum Gasteiger partial charge on any atom is -0.485 e. The molecule has 4 nitrogen and oxygen atoms in total.